The second-order valence-corrected chi connectivity index (χ2v) is 7.19. The number of carbonyl (C=O) groups excluding carboxylic acids is 2. The van der Waals surface area contributed by atoms with Gasteiger partial charge in [0, 0.05) is 31.6 Å². The molecule has 1 aromatic carbocycles. The van der Waals surface area contributed by atoms with Crippen molar-refractivity contribution in [2.45, 2.75) is 45.6 Å². The maximum atomic E-state index is 12.3. The Hall–Kier alpha value is -2.70. The third-order valence-electron chi connectivity index (χ3n) is 5.07. The predicted molar refractivity (Wildman–Crippen MR) is 103 cm³/mol. The fourth-order valence-electron chi connectivity index (χ4n) is 3.47. The lowest BCUT2D eigenvalue weighted by Crippen LogP contribution is -2.39. The third kappa shape index (κ3) is 5.91. The molecular formula is C20H27N5O2. The standard InChI is InChI=1S/C20H27N5O2/c1-16-3-2-4-18(13-16)23-19(26)6-5-17-7-10-24(11-8-17)20(27)9-12-25-15-21-14-22-25/h2-4,13-15,17H,5-12H2,1H3,(H,23,26). The molecule has 1 aliphatic heterocycles. The minimum atomic E-state index is 0.0620. The van der Waals surface area contributed by atoms with Crippen LogP contribution in [0.2, 0.25) is 0 Å². The number of nitrogens with one attached hydrogen (secondary N) is 1. The van der Waals surface area contributed by atoms with Gasteiger partial charge in [-0.1, -0.05) is 12.1 Å². The topological polar surface area (TPSA) is 80.1 Å². The van der Waals surface area contributed by atoms with Gasteiger partial charge in [0.2, 0.25) is 11.8 Å². The van der Waals surface area contributed by atoms with Gasteiger partial charge in [0.25, 0.3) is 0 Å². The lowest BCUT2D eigenvalue weighted by molar-refractivity contribution is -0.133. The molecule has 1 fully saturated rings. The molecule has 2 heterocycles. The van der Waals surface area contributed by atoms with Crippen molar-refractivity contribution in [2.24, 2.45) is 5.92 Å². The molecule has 0 atom stereocenters. The smallest absolute Gasteiger partial charge is 0.224 e. The monoisotopic (exact) mass is 369 g/mol. The zero-order chi connectivity index (χ0) is 19.1. The maximum Gasteiger partial charge on any atom is 0.224 e. The second kappa shape index (κ2) is 9.30. The van der Waals surface area contributed by atoms with Crippen LogP contribution >= 0.6 is 0 Å². The first-order chi connectivity index (χ1) is 13.1. The first kappa shape index (κ1) is 19.1. The zero-order valence-electron chi connectivity index (χ0n) is 15.8. The van der Waals surface area contributed by atoms with E-state index in [0.717, 1.165) is 43.6 Å². The number of amides is 2. The molecule has 0 saturated carbocycles. The van der Waals surface area contributed by atoms with Crippen molar-refractivity contribution in [3.05, 3.63) is 42.5 Å². The molecule has 0 radical (unpaired) electrons. The molecule has 0 spiro atoms. The molecule has 7 nitrogen and oxygen atoms in total. The van der Waals surface area contributed by atoms with E-state index in [2.05, 4.69) is 15.4 Å². The SMILES string of the molecule is Cc1cccc(NC(=O)CCC2CCN(C(=O)CCn3cncn3)CC2)c1. The van der Waals surface area contributed by atoms with E-state index in [1.54, 1.807) is 11.0 Å². The summed E-state index contributed by atoms with van der Waals surface area (Å²) < 4.78 is 1.68. The van der Waals surface area contributed by atoms with Gasteiger partial charge in [-0.15, -0.1) is 0 Å². The summed E-state index contributed by atoms with van der Waals surface area (Å²) in [6.07, 6.45) is 6.89. The van der Waals surface area contributed by atoms with Gasteiger partial charge >= 0.3 is 0 Å². The molecule has 0 aliphatic carbocycles. The van der Waals surface area contributed by atoms with Crippen LogP contribution in [0.3, 0.4) is 0 Å². The first-order valence-electron chi connectivity index (χ1n) is 9.57. The van der Waals surface area contributed by atoms with Gasteiger partial charge < -0.3 is 10.2 Å². The zero-order valence-corrected chi connectivity index (χ0v) is 15.8. The number of aromatic nitrogens is 3. The molecular weight excluding hydrogens is 342 g/mol. The number of rotatable bonds is 7. The minimum Gasteiger partial charge on any atom is -0.343 e. The van der Waals surface area contributed by atoms with Crippen molar-refractivity contribution in [1.29, 1.82) is 0 Å². The molecule has 0 unspecified atom stereocenters. The Balaban J connectivity index is 1.34. The minimum absolute atomic E-state index is 0.0620. The Morgan fingerprint density at radius 1 is 1.22 bits per heavy atom. The molecule has 144 valence electrons. The number of hydrogen-bond acceptors (Lipinski definition) is 4. The summed E-state index contributed by atoms with van der Waals surface area (Å²) in [5.41, 5.74) is 1.99. The fraction of sp³-hybridized carbons (Fsp3) is 0.500. The van der Waals surface area contributed by atoms with E-state index < -0.39 is 0 Å². The van der Waals surface area contributed by atoms with Gasteiger partial charge in [-0.05, 0) is 49.8 Å². The molecule has 1 saturated heterocycles. The molecule has 7 heteroatoms. The van der Waals surface area contributed by atoms with Gasteiger partial charge in [-0.3, -0.25) is 14.3 Å². The molecule has 2 amide bonds. The summed E-state index contributed by atoms with van der Waals surface area (Å²) in [5.74, 6) is 0.737. The Labute approximate surface area is 159 Å². The first-order valence-corrected chi connectivity index (χ1v) is 9.57. The van der Waals surface area contributed by atoms with Crippen LogP contribution in [0, 0.1) is 12.8 Å². The number of anilines is 1. The van der Waals surface area contributed by atoms with Crippen LogP contribution in [0.1, 0.15) is 37.7 Å². The van der Waals surface area contributed by atoms with Gasteiger partial charge in [0.15, 0.2) is 0 Å². The van der Waals surface area contributed by atoms with E-state index in [0.29, 0.717) is 25.3 Å². The summed E-state index contributed by atoms with van der Waals surface area (Å²) in [5, 5.41) is 6.98. The van der Waals surface area contributed by atoms with Gasteiger partial charge in [-0.2, -0.15) is 5.10 Å². The van der Waals surface area contributed by atoms with Crippen LogP contribution in [0.15, 0.2) is 36.9 Å². The van der Waals surface area contributed by atoms with Crippen molar-refractivity contribution >= 4 is 17.5 Å². The highest BCUT2D eigenvalue weighted by atomic mass is 16.2. The maximum absolute atomic E-state index is 12.3. The van der Waals surface area contributed by atoms with Gasteiger partial charge in [-0.25, -0.2) is 4.98 Å². The molecule has 1 aromatic heterocycles. The molecule has 0 bridgehead atoms. The second-order valence-electron chi connectivity index (χ2n) is 7.19. The largest absolute Gasteiger partial charge is 0.343 e. The van der Waals surface area contributed by atoms with Crippen LogP contribution in [-0.4, -0.2) is 44.6 Å². The van der Waals surface area contributed by atoms with E-state index in [1.165, 1.54) is 6.33 Å². The highest BCUT2D eigenvalue weighted by Crippen LogP contribution is 2.23. The lowest BCUT2D eigenvalue weighted by atomic mass is 9.92. The number of piperidine rings is 1. The van der Waals surface area contributed by atoms with E-state index in [9.17, 15) is 9.59 Å². The highest BCUT2D eigenvalue weighted by Gasteiger charge is 2.23. The Morgan fingerprint density at radius 3 is 2.74 bits per heavy atom. The van der Waals surface area contributed by atoms with Crippen molar-refractivity contribution in [2.75, 3.05) is 18.4 Å². The number of likely N-dealkylation sites (tertiary alicyclic amines) is 1. The summed E-state index contributed by atoms with van der Waals surface area (Å²) in [7, 11) is 0. The molecule has 1 aliphatic rings. The van der Waals surface area contributed by atoms with Crippen LogP contribution in [0.5, 0.6) is 0 Å². The van der Waals surface area contributed by atoms with Crippen LogP contribution < -0.4 is 5.32 Å². The number of aryl methyl sites for hydroxylation is 2. The molecule has 1 N–H and O–H groups in total. The average Bonchev–Trinajstić information content (AvgIpc) is 3.18. The van der Waals surface area contributed by atoms with E-state index in [1.807, 2.05) is 36.1 Å². The van der Waals surface area contributed by atoms with Gasteiger partial charge in [0.1, 0.15) is 12.7 Å². The van der Waals surface area contributed by atoms with Crippen molar-refractivity contribution in [3.8, 4) is 0 Å². The summed E-state index contributed by atoms with van der Waals surface area (Å²) in [6.45, 7) is 4.13. The summed E-state index contributed by atoms with van der Waals surface area (Å²) >= 11 is 0. The van der Waals surface area contributed by atoms with Crippen molar-refractivity contribution < 1.29 is 9.59 Å². The highest BCUT2D eigenvalue weighted by molar-refractivity contribution is 5.90. The third-order valence-corrected chi connectivity index (χ3v) is 5.07. The predicted octanol–water partition coefficient (Wildman–Crippen LogP) is 2.63. The van der Waals surface area contributed by atoms with Crippen LogP contribution in [0.25, 0.3) is 0 Å². The van der Waals surface area contributed by atoms with Gasteiger partial charge in [0.05, 0.1) is 6.54 Å². The lowest BCUT2D eigenvalue weighted by Gasteiger charge is -2.32. The normalized spacial score (nSPS) is 14.9. The summed E-state index contributed by atoms with van der Waals surface area (Å²) in [4.78, 5) is 30.3. The van der Waals surface area contributed by atoms with Crippen LogP contribution in [0.4, 0.5) is 5.69 Å². The van der Waals surface area contributed by atoms with E-state index in [4.69, 9.17) is 0 Å². The number of nitrogens with zero attached hydrogens (tertiary/aromatic N) is 4. The molecule has 27 heavy (non-hydrogen) atoms. The Bertz CT molecular complexity index is 751. The quantitative estimate of drug-likeness (QED) is 0.814. The Morgan fingerprint density at radius 2 is 2.04 bits per heavy atom. The number of carbonyl (C=O) groups is 2. The van der Waals surface area contributed by atoms with E-state index in [-0.39, 0.29) is 11.8 Å². The Kier molecular flexibility index (Phi) is 6.57. The number of benzene rings is 1. The van der Waals surface area contributed by atoms with E-state index >= 15 is 0 Å². The fourth-order valence-corrected chi connectivity index (χ4v) is 3.47. The molecule has 2 aromatic rings. The van der Waals surface area contributed by atoms with Crippen molar-refractivity contribution in [1.82, 2.24) is 19.7 Å². The summed E-state index contributed by atoms with van der Waals surface area (Å²) in [6, 6.07) is 7.84. The molecule has 3 rings (SSSR count). The average molecular weight is 369 g/mol. The van der Waals surface area contributed by atoms with Crippen LogP contribution in [-0.2, 0) is 16.1 Å². The van der Waals surface area contributed by atoms with Crippen molar-refractivity contribution in [3.63, 3.8) is 0 Å². The number of hydrogen-bond donors (Lipinski definition) is 1.